The average Bonchev–Trinajstić information content (AvgIpc) is 1.83. The monoisotopic (exact) mass is 143 g/mol. The van der Waals surface area contributed by atoms with E-state index < -0.39 is 0 Å². The van der Waals surface area contributed by atoms with Crippen molar-refractivity contribution < 1.29 is 10.2 Å². The van der Waals surface area contributed by atoms with Crippen LogP contribution in [0.5, 0.6) is 11.5 Å². The van der Waals surface area contributed by atoms with Gasteiger partial charge < -0.3 is 10.2 Å². The van der Waals surface area contributed by atoms with Gasteiger partial charge in [0.05, 0.1) is 0 Å². The topological polar surface area (TPSA) is 40.5 Å². The van der Waals surface area contributed by atoms with E-state index in [2.05, 4.69) is 6.07 Å². The van der Waals surface area contributed by atoms with Crippen molar-refractivity contribution in [1.82, 2.24) is 0 Å². The van der Waals surface area contributed by atoms with Crippen LogP contribution in [0.1, 0.15) is 0 Å². The summed E-state index contributed by atoms with van der Waals surface area (Å²) in [5.41, 5.74) is 0. The fourth-order valence-electron chi connectivity index (χ4n) is 0.457. The third-order valence-corrected chi connectivity index (χ3v) is 1.27. The number of hydrogen-bond acceptors (Lipinski definition) is 2. The molecule has 1 rings (SSSR count). The first-order chi connectivity index (χ1) is 4.22. The maximum Gasteiger partial charge on any atom is 0.145 e. The number of phenols is 2. The van der Waals surface area contributed by atoms with E-state index in [9.17, 15) is 0 Å². The van der Waals surface area contributed by atoms with Crippen molar-refractivity contribution in [2.45, 2.75) is 0 Å². The van der Waals surface area contributed by atoms with Crippen LogP contribution in [0.3, 0.4) is 0 Å². The van der Waals surface area contributed by atoms with Crippen LogP contribution in [0.25, 0.3) is 0 Å². The highest BCUT2D eigenvalue weighted by atomic mass is 35.5. The van der Waals surface area contributed by atoms with E-state index in [4.69, 9.17) is 21.8 Å². The summed E-state index contributed by atoms with van der Waals surface area (Å²) in [4.78, 5) is 0. The predicted octanol–water partition coefficient (Wildman–Crippen LogP) is 1.55. The van der Waals surface area contributed by atoms with Crippen LogP contribution in [0, 0.1) is 6.07 Å². The highest BCUT2D eigenvalue weighted by Gasteiger charge is 2.00. The normalized spacial score (nSPS) is 9.44. The van der Waals surface area contributed by atoms with Crippen LogP contribution in [0.2, 0.25) is 5.02 Å². The summed E-state index contributed by atoms with van der Waals surface area (Å²) < 4.78 is 0. The zero-order chi connectivity index (χ0) is 6.85. The molecule has 0 unspecified atom stereocenters. The molecule has 9 heavy (non-hydrogen) atoms. The first kappa shape index (κ1) is 6.23. The number of benzene rings is 1. The van der Waals surface area contributed by atoms with E-state index in [0.29, 0.717) is 0 Å². The molecular formula is C6H4ClO2. The smallest absolute Gasteiger partial charge is 0.145 e. The third kappa shape index (κ3) is 1.08. The molecule has 0 atom stereocenters. The van der Waals surface area contributed by atoms with Gasteiger partial charge in [0.1, 0.15) is 16.5 Å². The Morgan fingerprint density at radius 1 is 1.44 bits per heavy atom. The number of hydrogen-bond donors (Lipinski definition) is 2. The summed E-state index contributed by atoms with van der Waals surface area (Å²) in [6.07, 6.45) is 0. The second-order valence-electron chi connectivity index (χ2n) is 1.53. The standard InChI is InChI=1S/C6H4ClO2/c7-6-4(8)2-1-3-5(6)9/h1-2,8-9H. The maximum absolute atomic E-state index is 8.79. The minimum atomic E-state index is -0.225. The van der Waals surface area contributed by atoms with Crippen LogP contribution >= 0.6 is 11.6 Å². The third-order valence-electron chi connectivity index (χ3n) is 0.894. The van der Waals surface area contributed by atoms with E-state index in [-0.39, 0.29) is 16.5 Å². The molecule has 0 saturated carbocycles. The number of phenolic OH excluding ortho intramolecular Hbond substituents is 2. The first-order valence-corrected chi connectivity index (χ1v) is 2.67. The van der Waals surface area contributed by atoms with E-state index in [1.807, 2.05) is 0 Å². The molecule has 1 aromatic carbocycles. The van der Waals surface area contributed by atoms with E-state index in [1.54, 1.807) is 0 Å². The van der Waals surface area contributed by atoms with Gasteiger partial charge in [0.15, 0.2) is 0 Å². The molecular weight excluding hydrogens is 140 g/mol. The molecule has 0 spiro atoms. The average molecular weight is 144 g/mol. The van der Waals surface area contributed by atoms with Gasteiger partial charge in [-0.3, -0.25) is 0 Å². The van der Waals surface area contributed by atoms with Crippen molar-refractivity contribution in [3.8, 4) is 11.5 Å². The van der Waals surface area contributed by atoms with Gasteiger partial charge in [0.25, 0.3) is 0 Å². The molecule has 3 heteroatoms. The van der Waals surface area contributed by atoms with Crippen molar-refractivity contribution in [3.05, 3.63) is 23.2 Å². The molecule has 1 aromatic rings. The van der Waals surface area contributed by atoms with Crippen molar-refractivity contribution in [2.75, 3.05) is 0 Å². The van der Waals surface area contributed by atoms with Crippen LogP contribution in [-0.4, -0.2) is 10.2 Å². The van der Waals surface area contributed by atoms with Gasteiger partial charge in [-0.05, 0) is 12.1 Å². The number of aromatic hydroxyl groups is 2. The predicted molar refractivity (Wildman–Crippen MR) is 33.6 cm³/mol. The van der Waals surface area contributed by atoms with Gasteiger partial charge in [0, 0.05) is 6.07 Å². The molecule has 0 aliphatic rings. The molecule has 2 N–H and O–H groups in total. The summed E-state index contributed by atoms with van der Waals surface area (Å²) in [7, 11) is 0. The number of halogens is 1. The Bertz CT molecular complexity index is 202. The number of rotatable bonds is 0. The molecule has 0 aromatic heterocycles. The van der Waals surface area contributed by atoms with Gasteiger partial charge in [-0.15, -0.1) is 0 Å². The highest BCUT2D eigenvalue weighted by Crippen LogP contribution is 2.30. The SMILES string of the molecule is Oc1[c]ccc(O)c1Cl. The molecule has 0 fully saturated rings. The Kier molecular flexibility index (Phi) is 1.49. The second-order valence-corrected chi connectivity index (χ2v) is 1.90. The first-order valence-electron chi connectivity index (χ1n) is 2.30. The lowest BCUT2D eigenvalue weighted by atomic mass is 10.3. The Balaban J connectivity index is 3.25. The van der Waals surface area contributed by atoms with Crippen LogP contribution in [0.15, 0.2) is 12.1 Å². The fraction of sp³-hybridized carbons (Fsp3) is 0. The lowest BCUT2D eigenvalue weighted by molar-refractivity contribution is 0.450. The Labute approximate surface area is 57.3 Å². The quantitative estimate of drug-likeness (QED) is 0.579. The molecule has 0 bridgehead atoms. The van der Waals surface area contributed by atoms with Crippen molar-refractivity contribution in [3.63, 3.8) is 0 Å². The van der Waals surface area contributed by atoms with E-state index in [0.717, 1.165) is 0 Å². The molecule has 0 amide bonds. The Morgan fingerprint density at radius 2 is 2.11 bits per heavy atom. The van der Waals surface area contributed by atoms with Gasteiger partial charge in [-0.2, -0.15) is 0 Å². The van der Waals surface area contributed by atoms with Crippen LogP contribution in [-0.2, 0) is 0 Å². The van der Waals surface area contributed by atoms with Crippen molar-refractivity contribution in [1.29, 1.82) is 0 Å². The highest BCUT2D eigenvalue weighted by molar-refractivity contribution is 6.33. The van der Waals surface area contributed by atoms with Crippen molar-refractivity contribution in [2.24, 2.45) is 0 Å². The second kappa shape index (κ2) is 2.15. The van der Waals surface area contributed by atoms with E-state index >= 15 is 0 Å². The summed E-state index contributed by atoms with van der Waals surface area (Å²) in [5.74, 6) is -0.357. The summed E-state index contributed by atoms with van der Waals surface area (Å²) >= 11 is 5.35. The van der Waals surface area contributed by atoms with Gasteiger partial charge >= 0.3 is 0 Å². The molecule has 0 heterocycles. The zero-order valence-corrected chi connectivity index (χ0v) is 5.18. The van der Waals surface area contributed by atoms with Crippen LogP contribution in [0.4, 0.5) is 0 Å². The molecule has 0 aliphatic carbocycles. The lowest BCUT2D eigenvalue weighted by Gasteiger charge is -1.95. The molecule has 47 valence electrons. The Hall–Kier alpha value is -0.890. The summed E-state index contributed by atoms with van der Waals surface area (Å²) in [5, 5.41) is 17.5. The minimum Gasteiger partial charge on any atom is -0.506 e. The zero-order valence-electron chi connectivity index (χ0n) is 4.43. The summed E-state index contributed by atoms with van der Waals surface area (Å²) in [6, 6.07) is 5.14. The minimum absolute atomic E-state index is 0.0579. The fourth-order valence-corrected chi connectivity index (χ4v) is 0.575. The Morgan fingerprint density at radius 3 is 2.56 bits per heavy atom. The van der Waals surface area contributed by atoms with Gasteiger partial charge in [0.2, 0.25) is 0 Å². The van der Waals surface area contributed by atoms with Gasteiger partial charge in [-0.1, -0.05) is 11.6 Å². The molecule has 0 aliphatic heterocycles. The molecule has 1 radical (unpaired) electrons. The van der Waals surface area contributed by atoms with E-state index in [1.165, 1.54) is 12.1 Å². The summed E-state index contributed by atoms with van der Waals surface area (Å²) in [6.45, 7) is 0. The van der Waals surface area contributed by atoms with Crippen molar-refractivity contribution >= 4 is 11.6 Å². The maximum atomic E-state index is 8.79. The largest absolute Gasteiger partial charge is 0.506 e. The van der Waals surface area contributed by atoms with Crippen LogP contribution < -0.4 is 0 Å². The molecule has 2 nitrogen and oxygen atoms in total. The lowest BCUT2D eigenvalue weighted by Crippen LogP contribution is -1.68. The van der Waals surface area contributed by atoms with Gasteiger partial charge in [-0.25, -0.2) is 0 Å². The molecule has 0 saturated heterocycles.